The lowest BCUT2D eigenvalue weighted by Crippen LogP contribution is -2.71. The molecule has 6 aliphatic rings. The van der Waals surface area contributed by atoms with Gasteiger partial charge in [-0.15, -0.1) is 6.58 Å². The van der Waals surface area contributed by atoms with Crippen LogP contribution in [0, 0.1) is 28.1 Å². The minimum absolute atomic E-state index is 0.0341. The zero-order valence-electron chi connectivity index (χ0n) is 14.5. The largest absolute Gasteiger partial charge is 0.457 e. The molecular formula is C20H26O4. The summed E-state index contributed by atoms with van der Waals surface area (Å²) in [6.45, 7) is 8.71. The van der Waals surface area contributed by atoms with Crippen LogP contribution >= 0.6 is 0 Å². The Kier molecular flexibility index (Phi) is 2.62. The molecule has 1 spiro atoms. The second-order valence-corrected chi connectivity index (χ2v) is 9.22. The third-order valence-corrected chi connectivity index (χ3v) is 8.18. The number of rotatable bonds is 1. The molecule has 3 aliphatic heterocycles. The molecule has 6 rings (SSSR count). The van der Waals surface area contributed by atoms with Crippen LogP contribution in [0.5, 0.6) is 0 Å². The van der Waals surface area contributed by atoms with E-state index in [9.17, 15) is 9.90 Å². The molecule has 1 unspecified atom stereocenters. The van der Waals surface area contributed by atoms with Gasteiger partial charge in [0.25, 0.3) is 0 Å². The Hall–Kier alpha value is -1.13. The van der Waals surface area contributed by atoms with E-state index in [0.717, 1.165) is 25.7 Å². The third-order valence-electron chi connectivity index (χ3n) is 8.18. The highest BCUT2D eigenvalue weighted by Gasteiger charge is 2.78. The Morgan fingerprint density at radius 2 is 2.12 bits per heavy atom. The molecule has 3 saturated heterocycles. The lowest BCUT2D eigenvalue weighted by Gasteiger charge is -2.65. The van der Waals surface area contributed by atoms with E-state index in [2.05, 4.69) is 25.7 Å². The number of carbonyl (C=O) groups excluding carboxylic acids is 1. The average Bonchev–Trinajstić information content (AvgIpc) is 2.83. The van der Waals surface area contributed by atoms with Crippen LogP contribution in [0.1, 0.15) is 46.0 Å². The molecule has 2 saturated carbocycles. The van der Waals surface area contributed by atoms with Crippen molar-refractivity contribution in [2.24, 2.45) is 28.1 Å². The summed E-state index contributed by atoms with van der Waals surface area (Å²) < 4.78 is 11.8. The molecule has 0 aromatic carbocycles. The lowest BCUT2D eigenvalue weighted by molar-refractivity contribution is -0.367. The van der Waals surface area contributed by atoms with Crippen molar-refractivity contribution in [2.45, 2.75) is 57.8 Å². The summed E-state index contributed by atoms with van der Waals surface area (Å²) >= 11 is 0. The van der Waals surface area contributed by atoms with E-state index in [0.29, 0.717) is 18.9 Å². The Bertz CT molecular complexity index is 671. The van der Waals surface area contributed by atoms with Crippen molar-refractivity contribution >= 4 is 5.97 Å². The summed E-state index contributed by atoms with van der Waals surface area (Å²) in [5.41, 5.74) is 0.540. The number of aliphatic hydroxyl groups is 1. The van der Waals surface area contributed by atoms with E-state index in [1.807, 2.05) is 6.92 Å². The van der Waals surface area contributed by atoms with Gasteiger partial charge in [-0.1, -0.05) is 18.6 Å². The zero-order chi connectivity index (χ0) is 17.0. The van der Waals surface area contributed by atoms with E-state index in [1.54, 1.807) is 0 Å². The molecule has 2 bridgehead atoms. The molecule has 3 aliphatic carbocycles. The van der Waals surface area contributed by atoms with Crippen LogP contribution in [0.4, 0.5) is 0 Å². The Morgan fingerprint density at radius 1 is 1.33 bits per heavy atom. The monoisotopic (exact) mass is 330 g/mol. The van der Waals surface area contributed by atoms with Gasteiger partial charge in [0.15, 0.2) is 5.79 Å². The van der Waals surface area contributed by atoms with Gasteiger partial charge in [0, 0.05) is 17.8 Å². The zero-order valence-corrected chi connectivity index (χ0v) is 14.5. The first-order valence-electron chi connectivity index (χ1n) is 9.20. The predicted molar refractivity (Wildman–Crippen MR) is 87.8 cm³/mol. The van der Waals surface area contributed by atoms with E-state index >= 15 is 0 Å². The molecule has 4 heteroatoms. The number of hydrogen-bond acceptors (Lipinski definition) is 4. The van der Waals surface area contributed by atoms with Crippen molar-refractivity contribution in [1.29, 1.82) is 0 Å². The van der Waals surface area contributed by atoms with Crippen molar-refractivity contribution < 1.29 is 19.4 Å². The fraction of sp³-hybridized carbons (Fsp3) is 0.750. The van der Waals surface area contributed by atoms with Gasteiger partial charge in [0.05, 0.1) is 6.61 Å². The van der Waals surface area contributed by atoms with Crippen molar-refractivity contribution in [2.75, 3.05) is 6.61 Å². The first-order chi connectivity index (χ1) is 11.3. The average molecular weight is 330 g/mol. The second-order valence-electron chi connectivity index (χ2n) is 9.22. The molecular weight excluding hydrogens is 304 g/mol. The van der Waals surface area contributed by atoms with Crippen LogP contribution in [0.15, 0.2) is 24.3 Å². The van der Waals surface area contributed by atoms with Crippen LogP contribution in [0.3, 0.4) is 0 Å². The van der Waals surface area contributed by atoms with Crippen molar-refractivity contribution in [1.82, 2.24) is 0 Å². The summed E-state index contributed by atoms with van der Waals surface area (Å²) in [5, 5.41) is 11.0. The van der Waals surface area contributed by atoms with Crippen LogP contribution < -0.4 is 0 Å². The Balaban J connectivity index is 1.67. The third kappa shape index (κ3) is 1.43. The van der Waals surface area contributed by atoms with Gasteiger partial charge in [-0.3, -0.25) is 4.79 Å². The van der Waals surface area contributed by atoms with Gasteiger partial charge in [0.2, 0.25) is 0 Å². The summed E-state index contributed by atoms with van der Waals surface area (Å²) in [6, 6.07) is 0. The van der Waals surface area contributed by atoms with Gasteiger partial charge in [0.1, 0.15) is 11.5 Å². The first kappa shape index (κ1) is 15.2. The topological polar surface area (TPSA) is 55.8 Å². The second kappa shape index (κ2) is 4.16. The normalized spacial score (nSPS) is 57.7. The summed E-state index contributed by atoms with van der Waals surface area (Å²) in [7, 11) is 0. The minimum Gasteiger partial charge on any atom is -0.457 e. The fourth-order valence-electron chi connectivity index (χ4n) is 6.71. The highest BCUT2D eigenvalue weighted by Crippen LogP contribution is 2.71. The van der Waals surface area contributed by atoms with E-state index in [-0.39, 0.29) is 28.8 Å². The Morgan fingerprint density at radius 3 is 2.79 bits per heavy atom. The molecule has 1 N–H and O–H groups in total. The van der Waals surface area contributed by atoms with Gasteiger partial charge < -0.3 is 14.6 Å². The van der Waals surface area contributed by atoms with E-state index in [1.165, 1.54) is 5.57 Å². The first-order valence-corrected chi connectivity index (χ1v) is 9.20. The summed E-state index contributed by atoms with van der Waals surface area (Å²) in [4.78, 5) is 12.7. The molecule has 5 fully saturated rings. The summed E-state index contributed by atoms with van der Waals surface area (Å²) in [6.07, 6.45) is 8.73. The van der Waals surface area contributed by atoms with Crippen molar-refractivity contribution in [3.05, 3.63) is 24.3 Å². The summed E-state index contributed by atoms with van der Waals surface area (Å²) in [5.74, 6) is -1.18. The molecule has 4 nitrogen and oxygen atoms in total. The number of allylic oxidation sites excluding steroid dienone is 2. The molecule has 24 heavy (non-hydrogen) atoms. The van der Waals surface area contributed by atoms with Gasteiger partial charge in [-0.2, -0.15) is 0 Å². The molecule has 0 aromatic heterocycles. The lowest BCUT2D eigenvalue weighted by atomic mass is 9.42. The molecule has 0 aromatic rings. The van der Waals surface area contributed by atoms with Crippen molar-refractivity contribution in [3.8, 4) is 0 Å². The van der Waals surface area contributed by atoms with Crippen LogP contribution in [-0.2, 0) is 14.3 Å². The smallest absolute Gasteiger partial charge is 0.318 e. The molecule has 3 heterocycles. The highest BCUT2D eigenvalue weighted by atomic mass is 16.6. The number of esters is 1. The SMILES string of the molecule is C=C[C@]1(C)CC[C@@H]2C(=C[C@@H]3OC(=O)[C@]4(C)[C@H]3[C@]23CCC4(O)OC3)C1. The van der Waals surface area contributed by atoms with E-state index < -0.39 is 11.2 Å². The Labute approximate surface area is 142 Å². The predicted octanol–water partition coefficient (Wildman–Crippen LogP) is 2.97. The molecule has 0 amide bonds. The minimum atomic E-state index is -1.36. The highest BCUT2D eigenvalue weighted by molar-refractivity contribution is 5.82. The fourth-order valence-corrected chi connectivity index (χ4v) is 6.71. The maximum absolute atomic E-state index is 12.7. The molecule has 130 valence electrons. The number of ether oxygens (including phenoxy) is 2. The van der Waals surface area contributed by atoms with Crippen LogP contribution in [-0.4, -0.2) is 29.6 Å². The maximum Gasteiger partial charge on any atom is 0.318 e. The molecule has 0 radical (unpaired) electrons. The molecule has 7 atom stereocenters. The van der Waals surface area contributed by atoms with Gasteiger partial charge in [-0.25, -0.2) is 0 Å². The van der Waals surface area contributed by atoms with Gasteiger partial charge in [-0.05, 0) is 50.0 Å². The number of carbonyl (C=O) groups is 1. The van der Waals surface area contributed by atoms with Crippen molar-refractivity contribution in [3.63, 3.8) is 0 Å². The number of fused-ring (bicyclic) bond motifs is 3. The van der Waals surface area contributed by atoms with Crippen LogP contribution in [0.25, 0.3) is 0 Å². The standard InChI is InChI=1S/C20H26O4/c1-4-17(2)6-5-13-12(10-17)9-14-15-18(3,16(21)24-14)20(22)8-7-19(13,15)11-23-20/h4,9,13-15,22H,1,5-8,10-11H2,2-3H3/t13-,14+,15+,17-,18+,19+,20?/m1/s1. The number of hydrogen-bond donors (Lipinski definition) is 1. The maximum atomic E-state index is 12.7. The van der Waals surface area contributed by atoms with Crippen LogP contribution in [0.2, 0.25) is 0 Å². The van der Waals surface area contributed by atoms with E-state index in [4.69, 9.17) is 9.47 Å². The quantitative estimate of drug-likeness (QED) is 0.593. The van der Waals surface area contributed by atoms with Gasteiger partial charge >= 0.3 is 5.97 Å².